The monoisotopic (exact) mass is 544 g/mol. The number of carbonyl (C=O) groups is 2. The Bertz CT molecular complexity index is 1410. The van der Waals surface area contributed by atoms with Crippen LogP contribution in [0.15, 0.2) is 42.5 Å². The number of alkyl halides is 3. The van der Waals surface area contributed by atoms with Crippen molar-refractivity contribution in [3.05, 3.63) is 59.2 Å². The zero-order valence-electron chi connectivity index (χ0n) is 21.2. The summed E-state index contributed by atoms with van der Waals surface area (Å²) in [6.45, 7) is 0.522. The zero-order chi connectivity index (χ0) is 27.9. The molecule has 5 atom stereocenters. The SMILES string of the molecule is CN1CC[C@]23c4c5ccc(O)c4O[C@H]2[C@H](N(C)C(=O)C=Cc2cccc(OC(F)(F)F)c2)CC[C@@]3(O)[C@H]1C5=O. The fourth-order valence-corrected chi connectivity index (χ4v) is 7.26. The van der Waals surface area contributed by atoms with Gasteiger partial charge in [0.1, 0.15) is 23.5 Å². The number of phenols is 1. The highest BCUT2D eigenvalue weighted by Crippen LogP contribution is 2.65. The van der Waals surface area contributed by atoms with Crippen molar-refractivity contribution in [1.29, 1.82) is 0 Å². The van der Waals surface area contributed by atoms with Crippen molar-refractivity contribution in [2.24, 2.45) is 0 Å². The number of hydrogen-bond donors (Lipinski definition) is 2. The lowest BCUT2D eigenvalue weighted by atomic mass is 9.48. The van der Waals surface area contributed by atoms with Gasteiger partial charge in [-0.3, -0.25) is 14.5 Å². The van der Waals surface area contributed by atoms with E-state index in [9.17, 15) is 33.0 Å². The number of halogens is 3. The number of Topliss-reactive ketones (excluding diaryl/α,β-unsaturated/α-hetero) is 1. The molecule has 0 aromatic heterocycles. The standard InChI is InChI=1S/C28H27F3N2O6/c1-32-13-12-26-21-17-7-8-19(34)23(21)38-25(26)18(10-11-27(26,37)24(32)22(17)36)33(2)20(35)9-6-15-4-3-5-16(14-15)39-28(29,30)31/h3-9,14,18,24-25,34,37H,10-13H2,1-2H3/t18-,24-,25+,26+,27-/m1/s1. The summed E-state index contributed by atoms with van der Waals surface area (Å²) in [4.78, 5) is 30.2. The number of ether oxygens (including phenoxy) is 2. The number of aromatic hydroxyl groups is 1. The van der Waals surface area contributed by atoms with E-state index in [1.165, 1.54) is 41.3 Å². The van der Waals surface area contributed by atoms with Crippen LogP contribution in [0.4, 0.5) is 13.2 Å². The van der Waals surface area contributed by atoms with Crippen molar-refractivity contribution in [3.8, 4) is 17.2 Å². The van der Waals surface area contributed by atoms with Crippen LogP contribution in [-0.2, 0) is 10.2 Å². The van der Waals surface area contributed by atoms with Gasteiger partial charge in [0.05, 0.1) is 11.5 Å². The molecule has 8 nitrogen and oxygen atoms in total. The molecule has 39 heavy (non-hydrogen) atoms. The molecule has 2 aromatic rings. The maximum atomic E-state index is 13.5. The number of aliphatic hydroxyl groups is 1. The highest BCUT2D eigenvalue weighted by Gasteiger charge is 2.75. The minimum Gasteiger partial charge on any atom is -0.504 e. The number of ketones is 1. The highest BCUT2D eigenvalue weighted by molar-refractivity contribution is 6.06. The molecule has 6 rings (SSSR count). The predicted octanol–water partition coefficient (Wildman–Crippen LogP) is 3.26. The van der Waals surface area contributed by atoms with Crippen LogP contribution in [0.25, 0.3) is 6.08 Å². The molecule has 0 unspecified atom stereocenters. The smallest absolute Gasteiger partial charge is 0.504 e. The molecule has 2 aliphatic heterocycles. The number of likely N-dealkylation sites (N-methyl/N-ethyl adjacent to an activating group) is 2. The largest absolute Gasteiger partial charge is 0.573 e. The number of carbonyl (C=O) groups excluding carboxylic acids is 2. The van der Waals surface area contributed by atoms with Gasteiger partial charge >= 0.3 is 6.36 Å². The van der Waals surface area contributed by atoms with Crippen LogP contribution >= 0.6 is 0 Å². The molecule has 1 amide bonds. The summed E-state index contributed by atoms with van der Waals surface area (Å²) in [6.07, 6.45) is -1.83. The average molecular weight is 545 g/mol. The Labute approximate surface area is 222 Å². The summed E-state index contributed by atoms with van der Waals surface area (Å²) in [5, 5.41) is 22.9. The van der Waals surface area contributed by atoms with Crippen LogP contribution in [0.2, 0.25) is 0 Å². The van der Waals surface area contributed by atoms with E-state index in [4.69, 9.17) is 4.74 Å². The van der Waals surface area contributed by atoms with Gasteiger partial charge in [0.2, 0.25) is 5.91 Å². The highest BCUT2D eigenvalue weighted by atomic mass is 19.4. The second-order valence-electron chi connectivity index (χ2n) is 10.8. The van der Waals surface area contributed by atoms with E-state index in [1.54, 1.807) is 19.2 Å². The summed E-state index contributed by atoms with van der Waals surface area (Å²) in [5.74, 6) is -0.967. The molecule has 0 radical (unpaired) electrons. The second-order valence-corrected chi connectivity index (χ2v) is 10.8. The topological polar surface area (TPSA) is 99.5 Å². The van der Waals surface area contributed by atoms with Gasteiger partial charge in [0, 0.05) is 24.3 Å². The Kier molecular flexibility index (Phi) is 5.58. The van der Waals surface area contributed by atoms with Crippen LogP contribution in [-0.4, -0.2) is 82.5 Å². The maximum Gasteiger partial charge on any atom is 0.573 e. The number of hydrogen-bond acceptors (Lipinski definition) is 7. The first-order valence-electron chi connectivity index (χ1n) is 12.7. The third kappa shape index (κ3) is 3.59. The van der Waals surface area contributed by atoms with Crippen LogP contribution in [0.5, 0.6) is 17.2 Å². The lowest BCUT2D eigenvalue weighted by molar-refractivity contribution is -0.274. The number of rotatable bonds is 4. The van der Waals surface area contributed by atoms with Crippen LogP contribution in [0, 0.1) is 0 Å². The van der Waals surface area contributed by atoms with Gasteiger partial charge in [0.15, 0.2) is 17.3 Å². The molecular formula is C28H27F3N2O6. The van der Waals surface area contributed by atoms with E-state index in [1.807, 2.05) is 11.9 Å². The third-order valence-corrected chi connectivity index (χ3v) is 8.88. The molecule has 2 N–H and O–H groups in total. The van der Waals surface area contributed by atoms with E-state index in [2.05, 4.69) is 4.74 Å². The summed E-state index contributed by atoms with van der Waals surface area (Å²) >= 11 is 0. The number of phenolic OH excluding ortho intramolecular Hbond substituents is 1. The predicted molar refractivity (Wildman–Crippen MR) is 132 cm³/mol. The molecule has 2 fully saturated rings. The fraction of sp³-hybridized carbons (Fsp3) is 0.429. The van der Waals surface area contributed by atoms with Gasteiger partial charge in [0.25, 0.3) is 0 Å². The Balaban J connectivity index is 1.32. The Morgan fingerprint density at radius 2 is 2.03 bits per heavy atom. The minimum absolute atomic E-state index is 0.126. The molecule has 1 saturated carbocycles. The van der Waals surface area contributed by atoms with E-state index >= 15 is 0 Å². The van der Waals surface area contributed by atoms with E-state index in [0.717, 1.165) is 0 Å². The normalized spacial score (nSPS) is 31.1. The Morgan fingerprint density at radius 1 is 1.26 bits per heavy atom. The van der Waals surface area contributed by atoms with Gasteiger partial charge in [-0.15, -0.1) is 13.2 Å². The van der Waals surface area contributed by atoms with Crippen molar-refractivity contribution in [3.63, 3.8) is 0 Å². The molecule has 1 spiro atoms. The average Bonchev–Trinajstić information content (AvgIpc) is 3.22. The molecule has 2 heterocycles. The molecule has 2 bridgehead atoms. The van der Waals surface area contributed by atoms with E-state index < -0.39 is 47.2 Å². The molecule has 206 valence electrons. The third-order valence-electron chi connectivity index (χ3n) is 8.88. The van der Waals surface area contributed by atoms with Gasteiger partial charge in [-0.2, -0.15) is 0 Å². The fourth-order valence-electron chi connectivity index (χ4n) is 7.26. The summed E-state index contributed by atoms with van der Waals surface area (Å²) in [6, 6.07) is 7.01. The van der Waals surface area contributed by atoms with Gasteiger partial charge < -0.3 is 24.6 Å². The van der Waals surface area contributed by atoms with Crippen LogP contribution < -0.4 is 9.47 Å². The number of amides is 1. The van der Waals surface area contributed by atoms with E-state index in [-0.39, 0.29) is 23.7 Å². The molecular weight excluding hydrogens is 517 g/mol. The van der Waals surface area contributed by atoms with Crippen molar-refractivity contribution in [2.75, 3.05) is 20.6 Å². The van der Waals surface area contributed by atoms with Crippen molar-refractivity contribution >= 4 is 17.8 Å². The van der Waals surface area contributed by atoms with Crippen molar-refractivity contribution in [2.45, 2.75) is 54.8 Å². The molecule has 1 saturated heterocycles. The van der Waals surface area contributed by atoms with Gasteiger partial charge in [-0.25, -0.2) is 0 Å². The van der Waals surface area contributed by atoms with Gasteiger partial charge in [-0.1, -0.05) is 12.1 Å². The van der Waals surface area contributed by atoms with Crippen molar-refractivity contribution < 1.29 is 42.4 Å². The molecule has 2 aromatic carbocycles. The summed E-state index contributed by atoms with van der Waals surface area (Å²) in [7, 11) is 3.42. The Morgan fingerprint density at radius 3 is 2.77 bits per heavy atom. The maximum absolute atomic E-state index is 13.5. The number of nitrogens with zero attached hydrogens (tertiary/aromatic N) is 2. The van der Waals surface area contributed by atoms with Crippen LogP contribution in [0.3, 0.4) is 0 Å². The lowest BCUT2D eigenvalue weighted by Gasteiger charge is -2.63. The molecule has 4 aliphatic rings. The number of benzene rings is 2. The van der Waals surface area contributed by atoms with Crippen molar-refractivity contribution in [1.82, 2.24) is 9.80 Å². The summed E-state index contributed by atoms with van der Waals surface area (Å²) < 4.78 is 48.0. The second kappa shape index (κ2) is 8.46. The number of likely N-dealkylation sites (tertiary alicyclic amines) is 1. The van der Waals surface area contributed by atoms with E-state index in [0.29, 0.717) is 36.1 Å². The quantitative estimate of drug-likeness (QED) is 0.571. The molecule has 11 heteroatoms. The summed E-state index contributed by atoms with van der Waals surface area (Å²) in [5.41, 5.74) is -1.15. The first-order valence-corrected chi connectivity index (χ1v) is 12.7. The Hall–Kier alpha value is -3.57. The molecule has 2 aliphatic carbocycles. The number of piperidine rings is 1. The minimum atomic E-state index is -4.83. The zero-order valence-corrected chi connectivity index (χ0v) is 21.2. The first-order chi connectivity index (χ1) is 18.4. The van der Waals surface area contributed by atoms with Gasteiger partial charge in [-0.05, 0) is 68.8 Å². The lowest BCUT2D eigenvalue weighted by Crippen LogP contribution is -2.79. The first kappa shape index (κ1) is 25.7. The van der Waals surface area contributed by atoms with Crippen LogP contribution in [0.1, 0.15) is 40.7 Å².